The Labute approximate surface area is 78.8 Å². The van der Waals surface area contributed by atoms with Crippen molar-refractivity contribution in [3.63, 3.8) is 0 Å². The summed E-state index contributed by atoms with van der Waals surface area (Å²) < 4.78 is 0. The first-order chi connectivity index (χ1) is 6.25. The molecule has 0 fully saturated rings. The number of nitrogens with one attached hydrogen (secondary N) is 1. The number of nitrogens with zero attached hydrogens (tertiary/aromatic N) is 1. The van der Waals surface area contributed by atoms with Gasteiger partial charge in [-0.1, -0.05) is 26.0 Å². The normalized spacial score (nSPS) is 29.9. The van der Waals surface area contributed by atoms with E-state index in [0.29, 0.717) is 17.9 Å². The molecule has 0 aromatic heterocycles. The molecule has 1 heterocycles. The number of hydrogen-bond donors (Lipinski definition) is 1. The molecule has 2 atom stereocenters. The average Bonchev–Trinajstić information content (AvgIpc) is 2.64. The number of aliphatic imine (C=N–C) groups is 1. The van der Waals surface area contributed by atoms with Crippen molar-refractivity contribution in [2.24, 2.45) is 16.8 Å². The maximum atomic E-state index is 5.32. The van der Waals surface area contributed by atoms with Gasteiger partial charge in [0.2, 0.25) is 0 Å². The first kappa shape index (κ1) is 8.75. The summed E-state index contributed by atoms with van der Waals surface area (Å²) in [5.41, 5.74) is 2.94. The lowest BCUT2D eigenvalue weighted by atomic mass is 10.1. The van der Waals surface area contributed by atoms with Crippen LogP contribution >= 0.6 is 0 Å². The Morgan fingerprint density at radius 2 is 2.46 bits per heavy atom. The standard InChI is InChI=1S/C10H16N2O/c1-7(2)6-13-12-10-8-3-4-9(5-8)11-10/h3-4,7-9H,5-6H2,1-2H3,(H,11,12). The SMILES string of the molecule is CC(C)CONC1=NC2C=CC1C2. The molecule has 0 radical (unpaired) electrons. The fraction of sp³-hybridized carbons (Fsp3) is 0.700. The van der Waals surface area contributed by atoms with Gasteiger partial charge in [-0.25, -0.2) is 0 Å². The van der Waals surface area contributed by atoms with Gasteiger partial charge in [0.1, 0.15) is 5.84 Å². The predicted octanol–water partition coefficient (Wildman–Crippen LogP) is 1.52. The van der Waals surface area contributed by atoms with Crippen molar-refractivity contribution in [3.05, 3.63) is 12.2 Å². The molecule has 3 heteroatoms. The van der Waals surface area contributed by atoms with Crippen LogP contribution in [0.25, 0.3) is 0 Å². The van der Waals surface area contributed by atoms with E-state index in [9.17, 15) is 0 Å². The molecule has 72 valence electrons. The molecule has 2 unspecified atom stereocenters. The van der Waals surface area contributed by atoms with E-state index in [1.165, 1.54) is 0 Å². The second-order valence-corrected chi connectivity index (χ2v) is 4.12. The van der Waals surface area contributed by atoms with E-state index < -0.39 is 0 Å². The zero-order chi connectivity index (χ0) is 9.26. The number of hydrogen-bond acceptors (Lipinski definition) is 3. The van der Waals surface area contributed by atoms with Crippen molar-refractivity contribution in [1.29, 1.82) is 0 Å². The average molecular weight is 180 g/mol. The van der Waals surface area contributed by atoms with Gasteiger partial charge in [0.05, 0.1) is 12.6 Å². The third-order valence-corrected chi connectivity index (χ3v) is 2.31. The highest BCUT2D eigenvalue weighted by Gasteiger charge is 2.29. The van der Waals surface area contributed by atoms with Crippen LogP contribution < -0.4 is 5.48 Å². The first-order valence-corrected chi connectivity index (χ1v) is 4.89. The van der Waals surface area contributed by atoms with Crippen LogP contribution in [0.2, 0.25) is 0 Å². The zero-order valence-electron chi connectivity index (χ0n) is 8.16. The Kier molecular flexibility index (Phi) is 2.36. The third-order valence-electron chi connectivity index (χ3n) is 2.31. The molecule has 1 aliphatic carbocycles. The van der Waals surface area contributed by atoms with E-state index in [-0.39, 0.29) is 0 Å². The number of fused-ring (bicyclic) bond motifs is 2. The Bertz CT molecular complexity index is 245. The van der Waals surface area contributed by atoms with E-state index in [4.69, 9.17) is 4.84 Å². The van der Waals surface area contributed by atoms with Crippen LogP contribution in [0.15, 0.2) is 17.1 Å². The molecule has 0 spiro atoms. The summed E-state index contributed by atoms with van der Waals surface area (Å²) in [5, 5.41) is 0. The molecular weight excluding hydrogens is 164 g/mol. The van der Waals surface area contributed by atoms with Gasteiger partial charge >= 0.3 is 0 Å². The van der Waals surface area contributed by atoms with E-state index in [1.54, 1.807) is 0 Å². The van der Waals surface area contributed by atoms with Crippen molar-refractivity contribution in [1.82, 2.24) is 5.48 Å². The maximum Gasteiger partial charge on any atom is 0.128 e. The summed E-state index contributed by atoms with van der Waals surface area (Å²) >= 11 is 0. The van der Waals surface area contributed by atoms with E-state index >= 15 is 0 Å². The minimum absolute atomic E-state index is 0.412. The van der Waals surface area contributed by atoms with Crippen LogP contribution in [0.5, 0.6) is 0 Å². The molecule has 1 N–H and O–H groups in total. The third kappa shape index (κ3) is 1.91. The summed E-state index contributed by atoms with van der Waals surface area (Å²) in [6.07, 6.45) is 5.50. The molecule has 2 bridgehead atoms. The molecular formula is C10H16N2O. The van der Waals surface area contributed by atoms with E-state index in [2.05, 4.69) is 36.5 Å². The van der Waals surface area contributed by atoms with Gasteiger partial charge in [0, 0.05) is 5.92 Å². The fourth-order valence-corrected chi connectivity index (χ4v) is 1.64. The van der Waals surface area contributed by atoms with Crippen molar-refractivity contribution >= 4 is 5.84 Å². The van der Waals surface area contributed by atoms with Gasteiger partial charge in [0.15, 0.2) is 0 Å². The molecule has 0 amide bonds. The van der Waals surface area contributed by atoms with E-state index in [0.717, 1.165) is 18.9 Å². The maximum absolute atomic E-state index is 5.32. The van der Waals surface area contributed by atoms with Crippen LogP contribution in [-0.4, -0.2) is 18.5 Å². The lowest BCUT2D eigenvalue weighted by molar-refractivity contribution is 0.0621. The van der Waals surface area contributed by atoms with Gasteiger partial charge in [-0.15, -0.1) is 0 Å². The smallest absolute Gasteiger partial charge is 0.128 e. The lowest BCUT2D eigenvalue weighted by Gasteiger charge is -2.12. The van der Waals surface area contributed by atoms with Crippen LogP contribution in [0.1, 0.15) is 20.3 Å². The van der Waals surface area contributed by atoms with Gasteiger partial charge in [0.25, 0.3) is 0 Å². The van der Waals surface area contributed by atoms with Gasteiger partial charge in [-0.2, -0.15) is 0 Å². The molecule has 2 aliphatic rings. The Hall–Kier alpha value is -0.830. The minimum Gasteiger partial charge on any atom is -0.275 e. The first-order valence-electron chi connectivity index (χ1n) is 4.89. The summed E-state index contributed by atoms with van der Waals surface area (Å²) in [7, 11) is 0. The second kappa shape index (κ2) is 3.50. The molecule has 1 aliphatic heterocycles. The number of dihydropyridines is 1. The summed E-state index contributed by atoms with van der Waals surface area (Å²) in [4.78, 5) is 9.76. The topological polar surface area (TPSA) is 33.6 Å². The number of rotatable bonds is 3. The number of amidine groups is 1. The molecule has 3 nitrogen and oxygen atoms in total. The highest BCUT2D eigenvalue weighted by atomic mass is 16.6. The highest BCUT2D eigenvalue weighted by Crippen LogP contribution is 2.27. The Morgan fingerprint density at radius 1 is 1.62 bits per heavy atom. The predicted molar refractivity (Wildman–Crippen MR) is 52.4 cm³/mol. The fourth-order valence-electron chi connectivity index (χ4n) is 1.64. The van der Waals surface area contributed by atoms with Gasteiger partial charge in [-0.05, 0) is 12.3 Å². The minimum atomic E-state index is 0.412. The van der Waals surface area contributed by atoms with Crippen LogP contribution in [0.4, 0.5) is 0 Å². The van der Waals surface area contributed by atoms with Crippen LogP contribution in [0.3, 0.4) is 0 Å². The molecule has 0 aromatic rings. The van der Waals surface area contributed by atoms with Crippen molar-refractivity contribution < 1.29 is 4.84 Å². The number of hydroxylamine groups is 1. The van der Waals surface area contributed by atoms with Crippen LogP contribution in [-0.2, 0) is 4.84 Å². The molecule has 13 heavy (non-hydrogen) atoms. The van der Waals surface area contributed by atoms with Crippen molar-refractivity contribution in [2.45, 2.75) is 26.3 Å². The van der Waals surface area contributed by atoms with Crippen molar-refractivity contribution in [3.8, 4) is 0 Å². The second-order valence-electron chi connectivity index (χ2n) is 4.12. The Morgan fingerprint density at radius 3 is 3.00 bits per heavy atom. The van der Waals surface area contributed by atoms with Gasteiger partial charge in [-0.3, -0.25) is 15.3 Å². The summed E-state index contributed by atoms with van der Waals surface area (Å²) in [6, 6.07) is 0.412. The van der Waals surface area contributed by atoms with Crippen LogP contribution in [0, 0.1) is 11.8 Å². The zero-order valence-corrected chi connectivity index (χ0v) is 8.16. The largest absolute Gasteiger partial charge is 0.275 e. The molecule has 2 rings (SSSR count). The van der Waals surface area contributed by atoms with E-state index in [1.807, 2.05) is 0 Å². The van der Waals surface area contributed by atoms with Gasteiger partial charge < -0.3 is 0 Å². The Balaban J connectivity index is 1.75. The monoisotopic (exact) mass is 180 g/mol. The lowest BCUT2D eigenvalue weighted by Crippen LogP contribution is -2.29. The highest BCUT2D eigenvalue weighted by molar-refractivity contribution is 5.88. The summed E-state index contributed by atoms with van der Waals surface area (Å²) in [5.74, 6) is 2.05. The quantitative estimate of drug-likeness (QED) is 0.527. The summed E-state index contributed by atoms with van der Waals surface area (Å²) in [6.45, 7) is 4.99. The van der Waals surface area contributed by atoms with Crippen molar-refractivity contribution in [2.75, 3.05) is 6.61 Å². The molecule has 0 aromatic carbocycles. The molecule has 0 saturated carbocycles. The molecule has 0 saturated heterocycles.